The largest absolute Gasteiger partial charge is 0.468 e. The molecule has 0 saturated carbocycles. The molecule has 1 aromatic carbocycles. The number of carbonyl (C=O) groups is 3. The Bertz CT molecular complexity index is 710. The summed E-state index contributed by atoms with van der Waals surface area (Å²) in [4.78, 5) is 38.3. The molecule has 10 heteroatoms. The third-order valence-corrected chi connectivity index (χ3v) is 4.25. The van der Waals surface area contributed by atoms with E-state index in [1.54, 1.807) is 29.2 Å². The molecule has 3 amide bonds. The standard InChI is InChI=1S/C17H23N5O4.ClH/c1-11(23)21(10-15(24)26-2)8-7-14-9-20-17(25)22(14)13-5-3-12(4-6-13)16(18)19;/h3-6,14H,7-10H2,1-2H3,(H3,18,19)(H,20,25);1H. The number of anilines is 1. The molecule has 1 atom stereocenters. The number of benzene rings is 1. The smallest absolute Gasteiger partial charge is 0.325 e. The van der Waals surface area contributed by atoms with E-state index in [9.17, 15) is 14.4 Å². The fraction of sp³-hybridized carbons (Fsp3) is 0.412. The number of hydrogen-bond acceptors (Lipinski definition) is 5. The second kappa shape index (κ2) is 9.77. The van der Waals surface area contributed by atoms with E-state index in [1.807, 2.05) is 0 Å². The molecular formula is C17H24ClN5O4. The van der Waals surface area contributed by atoms with Crippen molar-refractivity contribution in [3.05, 3.63) is 29.8 Å². The molecule has 1 heterocycles. The van der Waals surface area contributed by atoms with Gasteiger partial charge in [0.1, 0.15) is 12.4 Å². The van der Waals surface area contributed by atoms with Gasteiger partial charge in [-0.1, -0.05) is 0 Å². The van der Waals surface area contributed by atoms with Crippen LogP contribution in [0.4, 0.5) is 10.5 Å². The summed E-state index contributed by atoms with van der Waals surface area (Å²) in [7, 11) is 1.27. The molecule has 0 spiro atoms. The average Bonchev–Trinajstić information content (AvgIpc) is 2.98. The highest BCUT2D eigenvalue weighted by molar-refractivity contribution is 5.97. The van der Waals surface area contributed by atoms with E-state index in [0.717, 1.165) is 0 Å². The zero-order chi connectivity index (χ0) is 19.3. The van der Waals surface area contributed by atoms with E-state index in [1.165, 1.54) is 18.9 Å². The van der Waals surface area contributed by atoms with Crippen molar-refractivity contribution in [3.63, 3.8) is 0 Å². The topological polar surface area (TPSA) is 129 Å². The first kappa shape index (κ1) is 22.2. The van der Waals surface area contributed by atoms with Crippen LogP contribution in [0.25, 0.3) is 0 Å². The second-order valence-corrected chi connectivity index (χ2v) is 5.98. The van der Waals surface area contributed by atoms with Crippen LogP contribution in [0, 0.1) is 5.41 Å². The zero-order valence-corrected chi connectivity index (χ0v) is 16.0. The highest BCUT2D eigenvalue weighted by Gasteiger charge is 2.32. The van der Waals surface area contributed by atoms with Gasteiger partial charge in [0, 0.05) is 31.3 Å². The molecule has 2 rings (SSSR count). The maximum absolute atomic E-state index is 12.2. The number of amides is 3. The molecule has 4 N–H and O–H groups in total. The summed E-state index contributed by atoms with van der Waals surface area (Å²) < 4.78 is 4.60. The average molecular weight is 398 g/mol. The van der Waals surface area contributed by atoms with E-state index in [2.05, 4.69) is 10.1 Å². The van der Waals surface area contributed by atoms with Gasteiger partial charge in [0.05, 0.1) is 13.2 Å². The molecule has 0 aliphatic carbocycles. The van der Waals surface area contributed by atoms with Gasteiger partial charge in [0.2, 0.25) is 5.91 Å². The monoisotopic (exact) mass is 397 g/mol. The van der Waals surface area contributed by atoms with Crippen molar-refractivity contribution >= 4 is 41.8 Å². The van der Waals surface area contributed by atoms with Crippen molar-refractivity contribution < 1.29 is 19.1 Å². The highest BCUT2D eigenvalue weighted by Crippen LogP contribution is 2.23. The van der Waals surface area contributed by atoms with Crippen LogP contribution in [0.5, 0.6) is 0 Å². The third-order valence-electron chi connectivity index (χ3n) is 4.25. The summed E-state index contributed by atoms with van der Waals surface area (Å²) in [6, 6.07) is 6.43. The van der Waals surface area contributed by atoms with Gasteiger partial charge in [0.25, 0.3) is 0 Å². The molecule has 1 unspecified atom stereocenters. The minimum absolute atomic E-state index is 0. The minimum atomic E-state index is -0.488. The third kappa shape index (κ3) is 5.58. The van der Waals surface area contributed by atoms with Gasteiger partial charge in [-0.05, 0) is 30.7 Å². The Labute approximate surface area is 163 Å². The fourth-order valence-corrected chi connectivity index (χ4v) is 2.78. The Morgan fingerprint density at radius 3 is 2.52 bits per heavy atom. The lowest BCUT2D eigenvalue weighted by Gasteiger charge is -2.26. The van der Waals surface area contributed by atoms with E-state index >= 15 is 0 Å². The van der Waals surface area contributed by atoms with Crippen molar-refractivity contribution in [2.24, 2.45) is 5.73 Å². The Hall–Kier alpha value is -2.81. The van der Waals surface area contributed by atoms with Gasteiger partial charge in [-0.3, -0.25) is 19.9 Å². The summed E-state index contributed by atoms with van der Waals surface area (Å²) in [6.07, 6.45) is 0.504. The number of nitrogens with one attached hydrogen (secondary N) is 2. The van der Waals surface area contributed by atoms with Gasteiger partial charge in [-0.25, -0.2) is 4.79 Å². The van der Waals surface area contributed by atoms with E-state index < -0.39 is 5.97 Å². The summed E-state index contributed by atoms with van der Waals surface area (Å²) in [6.45, 7) is 2.04. The number of esters is 1. The van der Waals surface area contributed by atoms with Crippen LogP contribution in [0.15, 0.2) is 24.3 Å². The number of nitrogens with zero attached hydrogens (tertiary/aromatic N) is 2. The van der Waals surface area contributed by atoms with Crippen molar-refractivity contribution in [3.8, 4) is 0 Å². The molecule has 27 heavy (non-hydrogen) atoms. The quantitative estimate of drug-likeness (QED) is 0.354. The second-order valence-electron chi connectivity index (χ2n) is 5.98. The molecule has 1 aliphatic rings. The lowest BCUT2D eigenvalue weighted by Crippen LogP contribution is -2.40. The lowest BCUT2D eigenvalue weighted by atomic mass is 10.1. The first-order valence-corrected chi connectivity index (χ1v) is 8.17. The van der Waals surface area contributed by atoms with Gasteiger partial charge in [0.15, 0.2) is 0 Å². The number of carbonyl (C=O) groups excluding carboxylic acids is 3. The maximum Gasteiger partial charge on any atom is 0.325 e. The van der Waals surface area contributed by atoms with Crippen molar-refractivity contribution in [1.29, 1.82) is 5.41 Å². The molecule has 148 valence electrons. The van der Waals surface area contributed by atoms with Crippen molar-refractivity contribution in [2.45, 2.75) is 19.4 Å². The van der Waals surface area contributed by atoms with Gasteiger partial charge < -0.3 is 20.7 Å². The van der Waals surface area contributed by atoms with Crippen LogP contribution in [0.2, 0.25) is 0 Å². The van der Waals surface area contributed by atoms with Crippen LogP contribution in [-0.4, -0.2) is 61.4 Å². The highest BCUT2D eigenvalue weighted by atomic mass is 35.5. The number of nitrogens with two attached hydrogens (primary N) is 1. The predicted octanol–water partition coefficient (Wildman–Crippen LogP) is 0.702. The molecule has 0 radical (unpaired) electrons. The normalized spacial score (nSPS) is 15.6. The summed E-state index contributed by atoms with van der Waals surface area (Å²) in [5.41, 5.74) is 6.70. The lowest BCUT2D eigenvalue weighted by molar-refractivity contribution is -0.146. The molecule has 9 nitrogen and oxygen atoms in total. The van der Waals surface area contributed by atoms with Crippen LogP contribution in [0.1, 0.15) is 18.9 Å². The van der Waals surface area contributed by atoms with Gasteiger partial charge in [-0.15, -0.1) is 12.4 Å². The Morgan fingerprint density at radius 1 is 1.37 bits per heavy atom. The summed E-state index contributed by atoms with van der Waals surface area (Å²) in [5, 5.41) is 10.2. The number of methoxy groups -OCH3 is 1. The number of amidine groups is 1. The van der Waals surface area contributed by atoms with Crippen LogP contribution in [0.3, 0.4) is 0 Å². The number of urea groups is 1. The molecule has 0 aromatic heterocycles. The fourth-order valence-electron chi connectivity index (χ4n) is 2.78. The SMILES string of the molecule is COC(=O)CN(CCC1CNC(=O)N1c1ccc(C(=N)N)cc1)C(C)=O.Cl. The minimum Gasteiger partial charge on any atom is -0.468 e. The molecule has 1 aliphatic heterocycles. The number of ether oxygens (including phenoxy) is 1. The van der Waals surface area contributed by atoms with Crippen LogP contribution >= 0.6 is 12.4 Å². The van der Waals surface area contributed by atoms with Crippen LogP contribution < -0.4 is 16.0 Å². The molecule has 0 bridgehead atoms. The van der Waals surface area contributed by atoms with E-state index in [-0.39, 0.29) is 42.8 Å². The molecular weight excluding hydrogens is 374 g/mol. The first-order valence-electron chi connectivity index (χ1n) is 8.17. The van der Waals surface area contributed by atoms with Crippen molar-refractivity contribution in [1.82, 2.24) is 10.2 Å². The van der Waals surface area contributed by atoms with E-state index in [4.69, 9.17) is 11.1 Å². The van der Waals surface area contributed by atoms with E-state index in [0.29, 0.717) is 30.8 Å². The molecule has 1 fully saturated rings. The van der Waals surface area contributed by atoms with Crippen LogP contribution in [-0.2, 0) is 14.3 Å². The first-order chi connectivity index (χ1) is 12.3. The predicted molar refractivity (Wildman–Crippen MR) is 103 cm³/mol. The van der Waals surface area contributed by atoms with Gasteiger partial charge >= 0.3 is 12.0 Å². The number of hydrogen-bond donors (Lipinski definition) is 3. The summed E-state index contributed by atoms with van der Waals surface area (Å²) in [5.74, 6) is -0.763. The number of nitrogen functional groups attached to an aromatic ring is 1. The number of halogens is 1. The molecule has 1 aromatic rings. The van der Waals surface area contributed by atoms with Gasteiger partial charge in [-0.2, -0.15) is 0 Å². The van der Waals surface area contributed by atoms with Crippen molar-refractivity contribution in [2.75, 3.05) is 31.6 Å². The zero-order valence-electron chi connectivity index (χ0n) is 15.2. The molecule has 1 saturated heterocycles. The maximum atomic E-state index is 12.2. The summed E-state index contributed by atoms with van der Waals surface area (Å²) >= 11 is 0. The Morgan fingerprint density at radius 2 is 2.00 bits per heavy atom. The number of rotatable bonds is 7. The Kier molecular flexibility index (Phi) is 8.04. The Balaban J connectivity index is 0.00000364.